The average Bonchev–Trinajstić information content (AvgIpc) is 2.31. The molecule has 92 valence electrons. The Morgan fingerprint density at radius 3 is 3.12 bits per heavy atom. The van der Waals surface area contributed by atoms with E-state index in [2.05, 4.69) is 10.1 Å². The fourth-order valence-electron chi connectivity index (χ4n) is 1.70. The number of carbonyl (C=O) groups is 1. The molecular weight excluding hydrogens is 249 g/mol. The third kappa shape index (κ3) is 2.61. The van der Waals surface area contributed by atoms with Crippen molar-refractivity contribution < 1.29 is 18.7 Å². The number of hydrogen-bond acceptors (Lipinski definition) is 3. The number of rotatable bonds is 1. The first-order valence-electron chi connectivity index (χ1n) is 5.05. The Kier molecular flexibility index (Phi) is 3.38. The van der Waals surface area contributed by atoms with Gasteiger partial charge in [0.25, 0.3) is 0 Å². The Morgan fingerprint density at radius 1 is 1.65 bits per heavy atom. The van der Waals surface area contributed by atoms with Crippen LogP contribution in [0.15, 0.2) is 12.1 Å². The van der Waals surface area contributed by atoms with E-state index in [1.165, 1.54) is 19.2 Å². The summed E-state index contributed by atoms with van der Waals surface area (Å²) in [5, 5.41) is 2.67. The molecule has 0 aliphatic carbocycles. The summed E-state index contributed by atoms with van der Waals surface area (Å²) < 4.78 is 23.0. The summed E-state index contributed by atoms with van der Waals surface area (Å²) in [4.78, 5) is 11.0. The zero-order valence-electron chi connectivity index (χ0n) is 9.13. The van der Waals surface area contributed by atoms with E-state index >= 15 is 0 Å². The predicted molar refractivity (Wildman–Crippen MR) is 59.9 cm³/mol. The van der Waals surface area contributed by atoms with Crippen LogP contribution in [0, 0.1) is 5.82 Å². The lowest BCUT2D eigenvalue weighted by atomic mass is 10.0. The topological polar surface area (TPSA) is 47.6 Å². The summed E-state index contributed by atoms with van der Waals surface area (Å²) in [5.41, 5.74) is 0.768. The molecule has 0 saturated carbocycles. The van der Waals surface area contributed by atoms with Crippen LogP contribution in [0.25, 0.3) is 0 Å². The molecule has 1 atom stereocenters. The van der Waals surface area contributed by atoms with Crippen molar-refractivity contribution in [3.05, 3.63) is 28.5 Å². The molecule has 0 fully saturated rings. The van der Waals surface area contributed by atoms with Crippen molar-refractivity contribution in [2.45, 2.75) is 12.5 Å². The van der Waals surface area contributed by atoms with Crippen LogP contribution in [0.5, 0.6) is 5.75 Å². The number of ether oxygens (including phenoxy) is 2. The lowest BCUT2D eigenvalue weighted by molar-refractivity contribution is 0.156. The summed E-state index contributed by atoms with van der Waals surface area (Å²) in [7, 11) is 1.29. The number of benzene rings is 1. The normalized spacial score (nSPS) is 17.9. The van der Waals surface area contributed by atoms with Gasteiger partial charge in [-0.25, -0.2) is 9.18 Å². The monoisotopic (exact) mass is 259 g/mol. The van der Waals surface area contributed by atoms with E-state index < -0.39 is 11.9 Å². The Morgan fingerprint density at radius 2 is 2.41 bits per heavy atom. The van der Waals surface area contributed by atoms with Crippen molar-refractivity contribution in [3.8, 4) is 5.75 Å². The molecule has 1 aliphatic heterocycles. The maximum atomic E-state index is 13.2. The van der Waals surface area contributed by atoms with E-state index in [1.54, 1.807) is 0 Å². The van der Waals surface area contributed by atoms with Crippen molar-refractivity contribution in [2.24, 2.45) is 0 Å². The van der Waals surface area contributed by atoms with Crippen LogP contribution in [0.1, 0.15) is 5.56 Å². The van der Waals surface area contributed by atoms with E-state index in [-0.39, 0.29) is 17.7 Å². The minimum atomic E-state index is -0.518. The molecular formula is C11H11ClFNO3. The van der Waals surface area contributed by atoms with E-state index in [9.17, 15) is 9.18 Å². The molecule has 4 nitrogen and oxygen atoms in total. The minimum absolute atomic E-state index is 0.0473. The molecule has 1 N–H and O–H groups in total. The SMILES string of the molecule is COC(=O)NC1COc2cc(F)c(Cl)cc2C1. The predicted octanol–water partition coefficient (Wildman–Crippen LogP) is 2.14. The highest BCUT2D eigenvalue weighted by Crippen LogP contribution is 2.29. The van der Waals surface area contributed by atoms with Gasteiger partial charge < -0.3 is 14.8 Å². The fraction of sp³-hybridized carbons (Fsp3) is 0.364. The van der Waals surface area contributed by atoms with E-state index in [0.29, 0.717) is 12.2 Å². The number of methoxy groups -OCH3 is 1. The van der Waals surface area contributed by atoms with Crippen LogP contribution in [-0.2, 0) is 11.2 Å². The lowest BCUT2D eigenvalue weighted by Crippen LogP contribution is -2.42. The van der Waals surface area contributed by atoms with Gasteiger partial charge in [0, 0.05) is 6.07 Å². The van der Waals surface area contributed by atoms with Crippen molar-refractivity contribution in [1.82, 2.24) is 5.32 Å². The van der Waals surface area contributed by atoms with Gasteiger partial charge in [0.1, 0.15) is 18.2 Å². The van der Waals surface area contributed by atoms with Gasteiger partial charge in [-0.2, -0.15) is 0 Å². The maximum Gasteiger partial charge on any atom is 0.407 e. The van der Waals surface area contributed by atoms with Crippen LogP contribution in [0.3, 0.4) is 0 Å². The summed E-state index contributed by atoms with van der Waals surface area (Å²) in [5.74, 6) is -0.0420. The first-order valence-corrected chi connectivity index (χ1v) is 5.43. The number of fused-ring (bicyclic) bond motifs is 1. The third-order valence-corrected chi connectivity index (χ3v) is 2.81. The Hall–Kier alpha value is -1.49. The Labute approximate surface area is 103 Å². The summed E-state index contributed by atoms with van der Waals surface area (Å²) in [6, 6.07) is 2.57. The number of alkyl carbamates (subject to hydrolysis) is 1. The summed E-state index contributed by atoms with van der Waals surface area (Å²) in [6.07, 6.45) is 0.0139. The van der Waals surface area contributed by atoms with Crippen molar-refractivity contribution in [1.29, 1.82) is 0 Å². The Bertz CT molecular complexity index is 453. The summed E-state index contributed by atoms with van der Waals surface area (Å²) in [6.45, 7) is 0.281. The lowest BCUT2D eigenvalue weighted by Gasteiger charge is -2.25. The van der Waals surface area contributed by atoms with Crippen molar-refractivity contribution in [2.75, 3.05) is 13.7 Å². The summed E-state index contributed by atoms with van der Waals surface area (Å²) >= 11 is 5.68. The Balaban J connectivity index is 2.13. The number of carbonyl (C=O) groups excluding carboxylic acids is 1. The number of nitrogens with one attached hydrogen (secondary N) is 1. The molecule has 0 saturated heterocycles. The molecule has 1 heterocycles. The van der Waals surface area contributed by atoms with Crippen LogP contribution in [-0.4, -0.2) is 25.9 Å². The first-order chi connectivity index (χ1) is 8.10. The van der Waals surface area contributed by atoms with E-state index in [1.807, 2.05) is 0 Å². The zero-order valence-corrected chi connectivity index (χ0v) is 9.88. The van der Waals surface area contributed by atoms with Gasteiger partial charge in [-0.3, -0.25) is 0 Å². The molecule has 1 unspecified atom stereocenters. The van der Waals surface area contributed by atoms with Crippen molar-refractivity contribution in [3.63, 3.8) is 0 Å². The van der Waals surface area contributed by atoms with Gasteiger partial charge in [0.15, 0.2) is 0 Å². The minimum Gasteiger partial charge on any atom is -0.491 e. The van der Waals surface area contributed by atoms with Gasteiger partial charge in [-0.05, 0) is 18.1 Å². The van der Waals surface area contributed by atoms with Crippen LogP contribution in [0.4, 0.5) is 9.18 Å². The average molecular weight is 260 g/mol. The second kappa shape index (κ2) is 4.79. The standard InChI is InChI=1S/C11H11ClFNO3/c1-16-11(15)14-7-2-6-3-8(12)9(13)4-10(6)17-5-7/h3-4,7H,2,5H2,1H3,(H,14,15). The molecule has 0 bridgehead atoms. The molecule has 1 aromatic carbocycles. The number of halogens is 2. The second-order valence-corrected chi connectivity index (χ2v) is 4.13. The molecule has 1 aliphatic rings. The van der Waals surface area contributed by atoms with Crippen LogP contribution < -0.4 is 10.1 Å². The quantitative estimate of drug-likeness (QED) is 0.841. The second-order valence-electron chi connectivity index (χ2n) is 3.72. The van der Waals surface area contributed by atoms with Crippen LogP contribution >= 0.6 is 11.6 Å². The van der Waals surface area contributed by atoms with Gasteiger partial charge in [0.2, 0.25) is 0 Å². The van der Waals surface area contributed by atoms with Crippen LogP contribution in [0.2, 0.25) is 5.02 Å². The zero-order chi connectivity index (χ0) is 12.4. The molecule has 2 rings (SSSR count). The van der Waals surface area contributed by atoms with E-state index in [4.69, 9.17) is 16.3 Å². The first kappa shape index (κ1) is 12.0. The van der Waals surface area contributed by atoms with E-state index in [0.717, 1.165) is 5.56 Å². The molecule has 1 aromatic rings. The maximum absolute atomic E-state index is 13.2. The number of amides is 1. The third-order valence-electron chi connectivity index (χ3n) is 2.52. The molecule has 17 heavy (non-hydrogen) atoms. The van der Waals surface area contributed by atoms with Crippen molar-refractivity contribution >= 4 is 17.7 Å². The number of hydrogen-bond donors (Lipinski definition) is 1. The molecule has 6 heteroatoms. The highest BCUT2D eigenvalue weighted by atomic mass is 35.5. The fourth-order valence-corrected chi connectivity index (χ4v) is 1.88. The highest BCUT2D eigenvalue weighted by Gasteiger charge is 2.23. The van der Waals surface area contributed by atoms with Gasteiger partial charge in [-0.1, -0.05) is 11.6 Å². The smallest absolute Gasteiger partial charge is 0.407 e. The highest BCUT2D eigenvalue weighted by molar-refractivity contribution is 6.30. The van der Waals surface area contributed by atoms with Gasteiger partial charge in [0.05, 0.1) is 18.2 Å². The van der Waals surface area contributed by atoms with Gasteiger partial charge in [-0.15, -0.1) is 0 Å². The molecule has 0 radical (unpaired) electrons. The largest absolute Gasteiger partial charge is 0.491 e. The molecule has 0 spiro atoms. The van der Waals surface area contributed by atoms with Gasteiger partial charge >= 0.3 is 6.09 Å². The molecule has 1 amide bonds. The molecule has 0 aromatic heterocycles.